The highest BCUT2D eigenvalue weighted by molar-refractivity contribution is 7.89. The van der Waals surface area contributed by atoms with Crippen LogP contribution >= 0.6 is 0 Å². The molecule has 0 bridgehead atoms. The molecule has 0 saturated heterocycles. The van der Waals surface area contributed by atoms with Gasteiger partial charge in [0.1, 0.15) is 5.69 Å². The maximum atomic E-state index is 11.9. The van der Waals surface area contributed by atoms with Gasteiger partial charge in [0.15, 0.2) is 0 Å². The van der Waals surface area contributed by atoms with Gasteiger partial charge in [-0.3, -0.25) is 20.2 Å². The van der Waals surface area contributed by atoms with Gasteiger partial charge in [-0.05, 0) is 12.1 Å². The van der Waals surface area contributed by atoms with Crippen LogP contribution < -0.4 is 16.0 Å². The molecule has 4 N–H and O–H groups in total. The van der Waals surface area contributed by atoms with Crippen molar-refractivity contribution in [3.8, 4) is 0 Å². The molecule has 11 heteroatoms. The summed E-state index contributed by atoms with van der Waals surface area (Å²) in [4.78, 5) is 9.85. The minimum absolute atomic E-state index is 0.00776. The van der Waals surface area contributed by atoms with E-state index in [1.807, 2.05) is 0 Å². The second kappa shape index (κ2) is 6.74. The lowest BCUT2D eigenvalue weighted by atomic mass is 10.3. The van der Waals surface area contributed by atoms with Crippen LogP contribution in [0.25, 0.3) is 0 Å². The van der Waals surface area contributed by atoms with Crippen LogP contribution in [-0.4, -0.2) is 36.1 Å². The van der Waals surface area contributed by atoms with Gasteiger partial charge < -0.3 is 5.43 Å². The third-order valence-electron chi connectivity index (χ3n) is 2.31. The molecular formula is C9H14N4O5S2. The molecule has 0 heterocycles. The number of nitro benzene ring substituents is 1. The second-order valence-electron chi connectivity index (χ2n) is 3.76. The van der Waals surface area contributed by atoms with Gasteiger partial charge >= 0.3 is 0 Å². The van der Waals surface area contributed by atoms with E-state index in [1.165, 1.54) is 6.26 Å². The normalized spacial score (nSPS) is 12.9. The van der Waals surface area contributed by atoms with Crippen molar-refractivity contribution in [1.29, 1.82) is 0 Å². The maximum Gasteiger partial charge on any atom is 0.293 e. The summed E-state index contributed by atoms with van der Waals surface area (Å²) in [6, 6.07) is 3.20. The molecule has 1 unspecified atom stereocenters. The average Bonchev–Trinajstić information content (AvgIpc) is 2.37. The highest BCUT2D eigenvalue weighted by atomic mass is 32.2. The number of nitrogens with two attached hydrogens (primary N) is 1. The van der Waals surface area contributed by atoms with Crippen molar-refractivity contribution in [1.82, 2.24) is 4.72 Å². The van der Waals surface area contributed by atoms with Gasteiger partial charge in [-0.2, -0.15) is 0 Å². The zero-order chi connectivity index (χ0) is 15.3. The number of sulfonamides is 1. The number of benzene rings is 1. The lowest BCUT2D eigenvalue weighted by molar-refractivity contribution is -0.384. The van der Waals surface area contributed by atoms with Crippen molar-refractivity contribution in [3.05, 3.63) is 28.3 Å². The van der Waals surface area contributed by atoms with E-state index in [0.29, 0.717) is 0 Å². The van der Waals surface area contributed by atoms with Crippen LogP contribution in [0, 0.1) is 10.1 Å². The van der Waals surface area contributed by atoms with Crippen LogP contribution in [0.4, 0.5) is 11.4 Å². The average molecular weight is 322 g/mol. The summed E-state index contributed by atoms with van der Waals surface area (Å²) in [6.07, 6.45) is 1.45. The van der Waals surface area contributed by atoms with E-state index in [2.05, 4.69) is 10.1 Å². The van der Waals surface area contributed by atoms with Gasteiger partial charge in [-0.25, -0.2) is 13.1 Å². The molecule has 0 aromatic heterocycles. The van der Waals surface area contributed by atoms with Crippen molar-refractivity contribution in [2.45, 2.75) is 4.90 Å². The Balaban J connectivity index is 3.01. The summed E-state index contributed by atoms with van der Waals surface area (Å²) in [7, 11) is -4.95. The van der Waals surface area contributed by atoms with Crippen LogP contribution in [0.15, 0.2) is 23.1 Å². The van der Waals surface area contributed by atoms with E-state index in [-0.39, 0.29) is 28.6 Å². The van der Waals surface area contributed by atoms with Gasteiger partial charge in [0.25, 0.3) is 5.69 Å². The molecule has 0 aliphatic heterocycles. The van der Waals surface area contributed by atoms with E-state index in [0.717, 1.165) is 18.2 Å². The Morgan fingerprint density at radius 2 is 2.10 bits per heavy atom. The molecule has 0 aliphatic rings. The second-order valence-corrected chi connectivity index (χ2v) is 7.08. The van der Waals surface area contributed by atoms with Crippen LogP contribution in [0.2, 0.25) is 0 Å². The van der Waals surface area contributed by atoms with Gasteiger partial charge in [0, 0.05) is 35.4 Å². The first-order valence-electron chi connectivity index (χ1n) is 5.32. The lowest BCUT2D eigenvalue weighted by Crippen LogP contribution is -2.28. The van der Waals surface area contributed by atoms with Crippen molar-refractivity contribution in [3.63, 3.8) is 0 Å². The number of hydrogen-bond donors (Lipinski definition) is 3. The molecular weight excluding hydrogens is 308 g/mol. The first-order valence-corrected chi connectivity index (χ1v) is 8.53. The molecule has 1 rings (SSSR count). The number of nitrogens with one attached hydrogen (secondary N) is 2. The molecule has 1 aromatic carbocycles. The topological polar surface area (TPSA) is 144 Å². The van der Waals surface area contributed by atoms with Crippen LogP contribution in [0.3, 0.4) is 0 Å². The number of nitrogen functional groups attached to an aromatic ring is 1. The Morgan fingerprint density at radius 1 is 1.45 bits per heavy atom. The molecule has 0 fully saturated rings. The minimum atomic E-state index is -3.83. The molecule has 0 spiro atoms. The molecule has 0 amide bonds. The van der Waals surface area contributed by atoms with E-state index in [9.17, 15) is 22.7 Å². The molecule has 0 aliphatic carbocycles. The largest absolute Gasteiger partial charge is 0.318 e. The Bertz CT molecular complexity index is 631. The van der Waals surface area contributed by atoms with Gasteiger partial charge in [0.2, 0.25) is 10.0 Å². The summed E-state index contributed by atoms with van der Waals surface area (Å²) in [6.45, 7) is 0.00776. The molecule has 1 atom stereocenters. The summed E-state index contributed by atoms with van der Waals surface area (Å²) < 4.78 is 36.9. The number of hydrazine groups is 1. The summed E-state index contributed by atoms with van der Waals surface area (Å²) in [5.41, 5.74) is 1.63. The van der Waals surface area contributed by atoms with Crippen LogP contribution in [0.5, 0.6) is 0 Å². The smallest absolute Gasteiger partial charge is 0.293 e. The quantitative estimate of drug-likeness (QED) is 0.350. The highest BCUT2D eigenvalue weighted by Gasteiger charge is 2.19. The Hall–Kier alpha value is -1.56. The van der Waals surface area contributed by atoms with Crippen LogP contribution in [-0.2, 0) is 20.8 Å². The SMILES string of the molecule is CS(=O)CCNS(=O)(=O)c1ccc([N+](=O)[O-])c(NN)c1. The molecule has 20 heavy (non-hydrogen) atoms. The Labute approximate surface area is 118 Å². The molecule has 1 aromatic rings. The molecule has 0 radical (unpaired) electrons. The Kier molecular flexibility index (Phi) is 5.56. The summed E-state index contributed by atoms with van der Waals surface area (Å²) >= 11 is 0. The number of hydrogen-bond acceptors (Lipinski definition) is 7. The Morgan fingerprint density at radius 3 is 2.60 bits per heavy atom. The van der Waals surface area contributed by atoms with E-state index >= 15 is 0 Å². The highest BCUT2D eigenvalue weighted by Crippen LogP contribution is 2.26. The predicted molar refractivity (Wildman–Crippen MR) is 75.0 cm³/mol. The van der Waals surface area contributed by atoms with E-state index < -0.39 is 25.7 Å². The lowest BCUT2D eigenvalue weighted by Gasteiger charge is -2.08. The van der Waals surface area contributed by atoms with Gasteiger partial charge in [-0.1, -0.05) is 0 Å². The van der Waals surface area contributed by atoms with Crippen molar-refractivity contribution in [2.24, 2.45) is 5.84 Å². The third-order valence-corrected chi connectivity index (χ3v) is 4.55. The zero-order valence-corrected chi connectivity index (χ0v) is 12.2. The number of rotatable bonds is 7. The molecule has 9 nitrogen and oxygen atoms in total. The summed E-state index contributed by atoms with van der Waals surface area (Å²) in [5, 5.41) is 10.7. The fraction of sp³-hybridized carbons (Fsp3) is 0.333. The molecule has 0 saturated carbocycles. The number of anilines is 1. The van der Waals surface area contributed by atoms with E-state index in [1.54, 1.807) is 0 Å². The van der Waals surface area contributed by atoms with Crippen molar-refractivity contribution < 1.29 is 17.6 Å². The maximum absolute atomic E-state index is 11.9. The van der Waals surface area contributed by atoms with Gasteiger partial charge in [0.05, 0.1) is 9.82 Å². The standard InChI is InChI=1S/C9H14N4O5S2/c1-19(16)5-4-11-20(17,18)7-2-3-9(13(14)15)8(6-7)12-10/h2-3,6,11-12H,4-5,10H2,1H3. The first-order chi connectivity index (χ1) is 9.27. The van der Waals surface area contributed by atoms with Crippen molar-refractivity contribution in [2.75, 3.05) is 24.0 Å². The molecule has 112 valence electrons. The van der Waals surface area contributed by atoms with E-state index in [4.69, 9.17) is 5.84 Å². The van der Waals surface area contributed by atoms with Gasteiger partial charge in [-0.15, -0.1) is 0 Å². The third kappa shape index (κ3) is 4.23. The van der Waals surface area contributed by atoms with Crippen molar-refractivity contribution >= 4 is 32.2 Å². The minimum Gasteiger partial charge on any atom is -0.318 e. The number of nitro groups is 1. The monoisotopic (exact) mass is 322 g/mol. The first kappa shape index (κ1) is 16.5. The van der Waals surface area contributed by atoms with Crippen LogP contribution in [0.1, 0.15) is 0 Å². The number of nitrogens with zero attached hydrogens (tertiary/aromatic N) is 1. The summed E-state index contributed by atoms with van der Waals surface area (Å²) in [5.74, 6) is 5.31. The predicted octanol–water partition coefficient (Wildman–Crippen LogP) is -0.463. The fourth-order valence-electron chi connectivity index (χ4n) is 1.36. The fourth-order valence-corrected chi connectivity index (χ4v) is 2.94. The zero-order valence-electron chi connectivity index (χ0n) is 10.5.